The first kappa shape index (κ1) is 16.5. The summed E-state index contributed by atoms with van der Waals surface area (Å²) in [4.78, 5) is 2.60. The molecule has 1 aliphatic rings. The summed E-state index contributed by atoms with van der Waals surface area (Å²) in [5.74, 6) is 2.21. The first-order valence-electron chi connectivity index (χ1n) is 9.05. The highest BCUT2D eigenvalue weighted by atomic mass is 32.1. The Morgan fingerprint density at radius 1 is 1.12 bits per heavy atom. The number of piperidine rings is 1. The van der Waals surface area contributed by atoms with Gasteiger partial charge in [0.05, 0.1) is 18.0 Å². The van der Waals surface area contributed by atoms with E-state index in [1.807, 2.05) is 17.5 Å². The number of benzene rings is 1. The Morgan fingerprint density at radius 3 is 2.64 bits per heavy atom. The van der Waals surface area contributed by atoms with Crippen LogP contribution in [0.15, 0.2) is 52.3 Å². The molecule has 1 saturated heterocycles. The molecule has 3 heterocycles. The molecule has 1 fully saturated rings. The van der Waals surface area contributed by atoms with Crippen molar-refractivity contribution in [2.45, 2.75) is 32.2 Å². The zero-order valence-electron chi connectivity index (χ0n) is 14.5. The lowest BCUT2D eigenvalue weighted by Crippen LogP contribution is -3.13. The molecule has 0 unspecified atom stereocenters. The average molecular weight is 354 g/mol. The summed E-state index contributed by atoms with van der Waals surface area (Å²) in [6.07, 6.45) is 3.73. The first-order chi connectivity index (χ1) is 12.3. The maximum atomic E-state index is 5.93. The second-order valence-electron chi connectivity index (χ2n) is 6.94. The van der Waals surface area contributed by atoms with Gasteiger partial charge in [0.25, 0.3) is 11.8 Å². The number of nitrogens with zero attached hydrogens (tertiary/aromatic N) is 2. The van der Waals surface area contributed by atoms with Crippen LogP contribution in [-0.4, -0.2) is 23.3 Å². The number of quaternary nitrogens is 1. The highest BCUT2D eigenvalue weighted by Gasteiger charge is 2.30. The van der Waals surface area contributed by atoms with Crippen molar-refractivity contribution in [1.29, 1.82) is 0 Å². The predicted octanol–water partition coefficient (Wildman–Crippen LogP) is 3.40. The number of thiophene rings is 1. The molecule has 130 valence electrons. The Kier molecular flexibility index (Phi) is 4.95. The van der Waals surface area contributed by atoms with E-state index in [1.165, 1.54) is 37.9 Å². The van der Waals surface area contributed by atoms with E-state index in [4.69, 9.17) is 4.42 Å². The number of nitrogens with one attached hydrogen (secondary N) is 1. The summed E-state index contributed by atoms with van der Waals surface area (Å²) in [6, 6.07) is 15.1. The summed E-state index contributed by atoms with van der Waals surface area (Å²) in [6.45, 7) is 4.56. The van der Waals surface area contributed by atoms with Gasteiger partial charge in [-0.05, 0) is 49.1 Å². The van der Waals surface area contributed by atoms with E-state index in [2.05, 4.69) is 47.5 Å². The molecule has 3 aromatic rings. The fraction of sp³-hybridized carbons (Fsp3) is 0.400. The second kappa shape index (κ2) is 7.50. The average Bonchev–Trinajstić information content (AvgIpc) is 3.34. The highest BCUT2D eigenvalue weighted by molar-refractivity contribution is 7.13. The molecule has 1 N–H and O–H groups in total. The largest absolute Gasteiger partial charge is 0.414 e. The minimum Gasteiger partial charge on any atom is -0.414 e. The summed E-state index contributed by atoms with van der Waals surface area (Å²) in [5.41, 5.74) is 1.46. The minimum absolute atomic E-state index is 0.263. The molecule has 0 radical (unpaired) electrons. The topological polar surface area (TPSA) is 43.4 Å². The predicted molar refractivity (Wildman–Crippen MR) is 99.6 cm³/mol. The Balaban J connectivity index is 1.34. The van der Waals surface area contributed by atoms with Crippen LogP contribution in [0.4, 0.5) is 0 Å². The summed E-state index contributed by atoms with van der Waals surface area (Å²) in [5, 5.41) is 10.6. The van der Waals surface area contributed by atoms with Gasteiger partial charge in [0, 0.05) is 0 Å². The molecule has 25 heavy (non-hydrogen) atoms. The van der Waals surface area contributed by atoms with Gasteiger partial charge in [0.1, 0.15) is 0 Å². The van der Waals surface area contributed by atoms with E-state index < -0.39 is 0 Å². The third-order valence-electron chi connectivity index (χ3n) is 5.27. The van der Waals surface area contributed by atoms with Gasteiger partial charge in [-0.25, -0.2) is 0 Å². The number of hydrogen-bond donors (Lipinski definition) is 1. The fourth-order valence-corrected chi connectivity index (χ4v) is 4.36. The number of likely N-dealkylation sites (tertiary alicyclic amines) is 1. The first-order valence-corrected chi connectivity index (χ1v) is 9.93. The van der Waals surface area contributed by atoms with Crippen molar-refractivity contribution in [2.24, 2.45) is 5.92 Å². The molecule has 5 heteroatoms. The zero-order valence-corrected chi connectivity index (χ0v) is 15.3. The normalized spacial score (nSPS) is 22.0. The Morgan fingerprint density at radius 2 is 1.92 bits per heavy atom. The molecule has 0 amide bonds. The number of aromatic nitrogens is 2. The molecular weight excluding hydrogens is 330 g/mol. The van der Waals surface area contributed by atoms with E-state index >= 15 is 0 Å². The lowest BCUT2D eigenvalue weighted by molar-refractivity contribution is -0.936. The van der Waals surface area contributed by atoms with Crippen LogP contribution in [0.3, 0.4) is 0 Å². The second-order valence-corrected chi connectivity index (χ2v) is 7.88. The summed E-state index contributed by atoms with van der Waals surface area (Å²) < 4.78 is 5.93. The SMILES string of the molecule is C[C@H](c1nnc(-c2cccs2)o1)[NH+]1CCC(Cc2ccccc2)CC1. The molecule has 1 atom stereocenters. The Hall–Kier alpha value is -1.98. The number of hydrogen-bond acceptors (Lipinski definition) is 4. The van der Waals surface area contributed by atoms with Crippen LogP contribution in [0.1, 0.15) is 37.3 Å². The maximum Gasteiger partial charge on any atom is 0.274 e. The number of rotatable bonds is 5. The third kappa shape index (κ3) is 3.83. The molecule has 0 bridgehead atoms. The molecule has 0 saturated carbocycles. The van der Waals surface area contributed by atoms with Gasteiger partial charge >= 0.3 is 0 Å². The smallest absolute Gasteiger partial charge is 0.274 e. The van der Waals surface area contributed by atoms with E-state index in [9.17, 15) is 0 Å². The van der Waals surface area contributed by atoms with Crippen LogP contribution in [0, 0.1) is 5.92 Å². The van der Waals surface area contributed by atoms with Crippen molar-refractivity contribution in [3.8, 4) is 10.8 Å². The van der Waals surface area contributed by atoms with Gasteiger partial charge in [-0.15, -0.1) is 21.5 Å². The Bertz CT molecular complexity index is 776. The van der Waals surface area contributed by atoms with Crippen molar-refractivity contribution in [3.63, 3.8) is 0 Å². The van der Waals surface area contributed by atoms with Gasteiger partial charge in [0.15, 0.2) is 6.04 Å². The van der Waals surface area contributed by atoms with Crippen molar-refractivity contribution in [2.75, 3.05) is 13.1 Å². The molecule has 1 aliphatic heterocycles. The lowest BCUT2D eigenvalue weighted by Gasteiger charge is -2.31. The summed E-state index contributed by atoms with van der Waals surface area (Å²) in [7, 11) is 0. The minimum atomic E-state index is 0.263. The van der Waals surface area contributed by atoms with E-state index in [1.54, 1.807) is 16.2 Å². The van der Waals surface area contributed by atoms with Crippen molar-refractivity contribution >= 4 is 11.3 Å². The monoisotopic (exact) mass is 354 g/mol. The van der Waals surface area contributed by atoms with Crippen LogP contribution in [0.25, 0.3) is 10.8 Å². The van der Waals surface area contributed by atoms with Crippen LogP contribution >= 0.6 is 11.3 Å². The molecule has 0 spiro atoms. The third-order valence-corrected chi connectivity index (χ3v) is 6.13. The molecule has 4 nitrogen and oxygen atoms in total. The molecular formula is C20H24N3OS+. The van der Waals surface area contributed by atoms with Gasteiger partial charge in [-0.1, -0.05) is 36.4 Å². The van der Waals surface area contributed by atoms with Crippen molar-refractivity contribution in [3.05, 3.63) is 59.3 Å². The quantitative estimate of drug-likeness (QED) is 0.764. The Labute approximate surface area is 152 Å². The van der Waals surface area contributed by atoms with Crippen LogP contribution in [-0.2, 0) is 6.42 Å². The van der Waals surface area contributed by atoms with Crippen molar-refractivity contribution < 1.29 is 9.32 Å². The van der Waals surface area contributed by atoms with Gasteiger partial charge in [0.2, 0.25) is 0 Å². The van der Waals surface area contributed by atoms with Gasteiger partial charge in [-0.3, -0.25) is 0 Å². The van der Waals surface area contributed by atoms with Crippen LogP contribution in [0.5, 0.6) is 0 Å². The standard InChI is InChI=1S/C20H23N3OS/c1-15(19-21-22-20(24-19)18-8-5-13-25-18)23-11-9-17(10-12-23)14-16-6-3-2-4-7-16/h2-8,13,15,17H,9-12,14H2,1H3/p+1/t15-/m1/s1. The van der Waals surface area contributed by atoms with E-state index in [-0.39, 0.29) is 6.04 Å². The zero-order chi connectivity index (χ0) is 17.1. The van der Waals surface area contributed by atoms with E-state index in [0.717, 1.165) is 16.7 Å². The summed E-state index contributed by atoms with van der Waals surface area (Å²) >= 11 is 1.63. The van der Waals surface area contributed by atoms with Crippen LogP contribution < -0.4 is 4.90 Å². The molecule has 2 aromatic heterocycles. The van der Waals surface area contributed by atoms with Gasteiger partial charge < -0.3 is 9.32 Å². The van der Waals surface area contributed by atoms with Gasteiger partial charge in [-0.2, -0.15) is 0 Å². The van der Waals surface area contributed by atoms with Crippen molar-refractivity contribution in [1.82, 2.24) is 10.2 Å². The molecule has 0 aliphatic carbocycles. The lowest BCUT2D eigenvalue weighted by atomic mass is 9.89. The molecule has 1 aromatic carbocycles. The fourth-order valence-electron chi connectivity index (χ4n) is 3.72. The van der Waals surface area contributed by atoms with Crippen LogP contribution in [0.2, 0.25) is 0 Å². The maximum absolute atomic E-state index is 5.93. The highest BCUT2D eigenvalue weighted by Crippen LogP contribution is 2.24. The van der Waals surface area contributed by atoms with E-state index in [0.29, 0.717) is 5.89 Å². The molecule has 4 rings (SSSR count).